The molecule has 0 aliphatic rings. The van der Waals surface area contributed by atoms with E-state index in [0.29, 0.717) is 0 Å². The van der Waals surface area contributed by atoms with E-state index in [1.165, 1.54) is 25.1 Å². The zero-order valence-corrected chi connectivity index (χ0v) is 13.2. The van der Waals surface area contributed by atoms with Crippen molar-refractivity contribution in [1.29, 1.82) is 0 Å². The number of benzene rings is 2. The summed E-state index contributed by atoms with van der Waals surface area (Å²) >= 11 is 0. The van der Waals surface area contributed by atoms with Crippen LogP contribution in [0.3, 0.4) is 0 Å². The molecule has 126 valence electrons. The minimum absolute atomic E-state index is 0.0348. The molecule has 1 atom stereocenters. The Hall–Kier alpha value is -2.89. The Labute approximate surface area is 139 Å². The number of alkyl carbamates (subject to hydrolysis) is 1. The number of hydrogen-bond donors (Lipinski definition) is 2. The van der Waals surface area contributed by atoms with E-state index in [9.17, 15) is 14.0 Å². The average molecular weight is 331 g/mol. The van der Waals surface area contributed by atoms with Gasteiger partial charge < -0.3 is 15.2 Å². The molecule has 1 unspecified atom stereocenters. The second-order valence-corrected chi connectivity index (χ2v) is 5.57. The molecule has 1 amide bonds. The lowest BCUT2D eigenvalue weighted by Gasteiger charge is -2.29. The maximum absolute atomic E-state index is 14.1. The van der Waals surface area contributed by atoms with Crippen molar-refractivity contribution in [2.24, 2.45) is 0 Å². The lowest BCUT2D eigenvalue weighted by Crippen LogP contribution is -2.45. The molecule has 6 heteroatoms. The maximum atomic E-state index is 14.1. The van der Waals surface area contributed by atoms with Crippen LogP contribution in [-0.4, -0.2) is 17.2 Å². The third-order valence-corrected chi connectivity index (χ3v) is 3.56. The summed E-state index contributed by atoms with van der Waals surface area (Å²) in [5.74, 6) is -1.76. The van der Waals surface area contributed by atoms with E-state index >= 15 is 0 Å². The number of carboxylic acid groups (broad SMARTS) is 1. The van der Waals surface area contributed by atoms with E-state index in [-0.39, 0.29) is 12.2 Å². The summed E-state index contributed by atoms with van der Waals surface area (Å²) in [7, 11) is 0. The quantitative estimate of drug-likeness (QED) is 0.850. The smallest absolute Gasteiger partial charge is 0.408 e. The van der Waals surface area contributed by atoms with Gasteiger partial charge in [-0.05, 0) is 18.6 Å². The normalized spacial score (nSPS) is 12.9. The number of ether oxygens (including phenoxy) is 1. The molecule has 0 saturated heterocycles. The monoisotopic (exact) mass is 331 g/mol. The molecular weight excluding hydrogens is 313 g/mol. The van der Waals surface area contributed by atoms with Crippen LogP contribution in [0, 0.1) is 5.82 Å². The Morgan fingerprint density at radius 3 is 2.38 bits per heavy atom. The predicted molar refractivity (Wildman–Crippen MR) is 85.8 cm³/mol. The standard InChI is InChI=1S/C18H18FNO4/c1-18(11-16(21)22,14-9-5-6-10-15(14)19)20-17(23)24-12-13-7-3-2-4-8-13/h2-10H,11-12H2,1H3,(H,20,23)(H,21,22). The summed E-state index contributed by atoms with van der Waals surface area (Å²) < 4.78 is 19.2. The van der Waals surface area contributed by atoms with Crippen molar-refractivity contribution in [2.45, 2.75) is 25.5 Å². The summed E-state index contributed by atoms with van der Waals surface area (Å²) in [6.45, 7) is 1.48. The van der Waals surface area contributed by atoms with Crippen LogP contribution >= 0.6 is 0 Å². The number of rotatable bonds is 6. The number of carbonyl (C=O) groups is 2. The van der Waals surface area contributed by atoms with Crippen LogP contribution in [0.15, 0.2) is 54.6 Å². The summed E-state index contributed by atoms with van der Waals surface area (Å²) in [5, 5.41) is 11.6. The fourth-order valence-corrected chi connectivity index (χ4v) is 2.40. The largest absolute Gasteiger partial charge is 0.481 e. The van der Waals surface area contributed by atoms with Gasteiger partial charge in [-0.15, -0.1) is 0 Å². The average Bonchev–Trinajstić information content (AvgIpc) is 2.53. The molecule has 5 nitrogen and oxygen atoms in total. The number of nitrogens with one attached hydrogen (secondary N) is 1. The molecule has 0 fully saturated rings. The first-order chi connectivity index (χ1) is 11.4. The number of amides is 1. The van der Waals surface area contributed by atoms with Gasteiger partial charge in [0.25, 0.3) is 0 Å². The van der Waals surface area contributed by atoms with Crippen molar-refractivity contribution in [3.63, 3.8) is 0 Å². The molecule has 24 heavy (non-hydrogen) atoms. The molecule has 0 aromatic heterocycles. The highest BCUT2D eigenvalue weighted by atomic mass is 19.1. The number of carbonyl (C=O) groups excluding carboxylic acids is 1. The zero-order valence-electron chi connectivity index (χ0n) is 13.2. The Balaban J connectivity index is 2.12. The summed E-state index contributed by atoms with van der Waals surface area (Å²) in [4.78, 5) is 23.2. The molecule has 0 saturated carbocycles. The summed E-state index contributed by atoms with van der Waals surface area (Å²) in [6.07, 6.45) is -1.29. The van der Waals surface area contributed by atoms with Crippen molar-refractivity contribution in [1.82, 2.24) is 5.32 Å². The minimum atomic E-state index is -1.43. The Morgan fingerprint density at radius 1 is 1.12 bits per heavy atom. The molecule has 0 radical (unpaired) electrons. The van der Waals surface area contributed by atoms with E-state index in [1.807, 2.05) is 18.2 Å². The molecular formula is C18H18FNO4. The molecule has 0 spiro atoms. The first kappa shape index (κ1) is 17.5. The number of carboxylic acids is 1. The van der Waals surface area contributed by atoms with E-state index in [1.54, 1.807) is 18.2 Å². The van der Waals surface area contributed by atoms with Crippen LogP contribution in [-0.2, 0) is 21.7 Å². The molecule has 2 aromatic carbocycles. The van der Waals surface area contributed by atoms with Crippen molar-refractivity contribution in [3.8, 4) is 0 Å². The van der Waals surface area contributed by atoms with Crippen LogP contribution in [0.1, 0.15) is 24.5 Å². The fraction of sp³-hybridized carbons (Fsp3) is 0.222. The fourth-order valence-electron chi connectivity index (χ4n) is 2.40. The molecule has 0 aliphatic heterocycles. The highest BCUT2D eigenvalue weighted by molar-refractivity contribution is 5.73. The highest BCUT2D eigenvalue weighted by Gasteiger charge is 2.34. The van der Waals surface area contributed by atoms with E-state index in [4.69, 9.17) is 9.84 Å². The van der Waals surface area contributed by atoms with Gasteiger partial charge in [0, 0.05) is 5.56 Å². The van der Waals surface area contributed by atoms with E-state index in [0.717, 1.165) is 5.56 Å². The van der Waals surface area contributed by atoms with Gasteiger partial charge in [-0.25, -0.2) is 9.18 Å². The lowest BCUT2D eigenvalue weighted by atomic mass is 9.88. The van der Waals surface area contributed by atoms with Crippen molar-refractivity contribution < 1.29 is 23.8 Å². The van der Waals surface area contributed by atoms with Crippen LogP contribution in [0.2, 0.25) is 0 Å². The molecule has 2 aromatic rings. The van der Waals surface area contributed by atoms with E-state index < -0.39 is 29.8 Å². The summed E-state index contributed by atoms with van der Waals surface area (Å²) in [5.41, 5.74) is -0.548. The first-order valence-corrected chi connectivity index (χ1v) is 7.36. The van der Waals surface area contributed by atoms with Gasteiger partial charge in [0.15, 0.2) is 0 Å². The second-order valence-electron chi connectivity index (χ2n) is 5.57. The van der Waals surface area contributed by atoms with Crippen LogP contribution in [0.25, 0.3) is 0 Å². The number of aliphatic carboxylic acids is 1. The van der Waals surface area contributed by atoms with Crippen molar-refractivity contribution in [3.05, 3.63) is 71.5 Å². The summed E-state index contributed by atoms with van der Waals surface area (Å²) in [6, 6.07) is 14.8. The third-order valence-electron chi connectivity index (χ3n) is 3.56. The zero-order chi connectivity index (χ0) is 17.6. The maximum Gasteiger partial charge on any atom is 0.408 e. The lowest BCUT2D eigenvalue weighted by molar-refractivity contribution is -0.138. The highest BCUT2D eigenvalue weighted by Crippen LogP contribution is 2.27. The minimum Gasteiger partial charge on any atom is -0.481 e. The second kappa shape index (κ2) is 7.59. The number of halogens is 1. The van der Waals surface area contributed by atoms with Gasteiger partial charge in [-0.1, -0.05) is 48.5 Å². The predicted octanol–water partition coefficient (Wildman–Crippen LogP) is 3.44. The van der Waals surface area contributed by atoms with Gasteiger partial charge in [-0.2, -0.15) is 0 Å². The van der Waals surface area contributed by atoms with Gasteiger partial charge in [0.1, 0.15) is 12.4 Å². The van der Waals surface area contributed by atoms with Crippen LogP contribution in [0.5, 0.6) is 0 Å². The topological polar surface area (TPSA) is 75.6 Å². The van der Waals surface area contributed by atoms with Crippen molar-refractivity contribution >= 4 is 12.1 Å². The molecule has 2 rings (SSSR count). The first-order valence-electron chi connectivity index (χ1n) is 7.36. The van der Waals surface area contributed by atoms with E-state index in [2.05, 4.69) is 5.32 Å². The van der Waals surface area contributed by atoms with Crippen LogP contribution < -0.4 is 5.32 Å². The van der Waals surface area contributed by atoms with Gasteiger partial charge in [0.2, 0.25) is 0 Å². The number of hydrogen-bond acceptors (Lipinski definition) is 3. The molecule has 0 bridgehead atoms. The van der Waals surface area contributed by atoms with Gasteiger partial charge >= 0.3 is 12.1 Å². The SMILES string of the molecule is CC(CC(=O)O)(NC(=O)OCc1ccccc1)c1ccccc1F. The molecule has 0 heterocycles. The Kier molecular flexibility index (Phi) is 5.52. The Morgan fingerprint density at radius 2 is 1.75 bits per heavy atom. The van der Waals surface area contributed by atoms with Gasteiger partial charge in [0.05, 0.1) is 12.0 Å². The molecule has 0 aliphatic carbocycles. The van der Waals surface area contributed by atoms with Crippen LogP contribution in [0.4, 0.5) is 9.18 Å². The molecule has 2 N–H and O–H groups in total. The third kappa shape index (κ3) is 4.55. The van der Waals surface area contributed by atoms with Gasteiger partial charge in [-0.3, -0.25) is 4.79 Å². The Bertz CT molecular complexity index is 720. The van der Waals surface area contributed by atoms with Crippen molar-refractivity contribution in [2.75, 3.05) is 0 Å².